The van der Waals surface area contributed by atoms with Crippen molar-refractivity contribution in [3.8, 4) is 0 Å². The van der Waals surface area contributed by atoms with E-state index < -0.39 is 0 Å². The van der Waals surface area contributed by atoms with Crippen molar-refractivity contribution >= 4 is 17.4 Å². The van der Waals surface area contributed by atoms with E-state index in [2.05, 4.69) is 49.4 Å². The number of thioether (sulfide) groups is 1. The summed E-state index contributed by atoms with van der Waals surface area (Å²) in [6.07, 6.45) is 2.14. The second-order valence-corrected chi connectivity index (χ2v) is 5.21. The van der Waals surface area contributed by atoms with Crippen molar-refractivity contribution < 1.29 is 0 Å². The van der Waals surface area contributed by atoms with Crippen LogP contribution in [0.15, 0.2) is 24.3 Å². The molecule has 0 bridgehead atoms. The Kier molecular flexibility index (Phi) is 5.16. The van der Waals surface area contributed by atoms with Gasteiger partial charge in [-0.1, -0.05) is 12.1 Å². The largest absolute Gasteiger partial charge is 0.371 e. The summed E-state index contributed by atoms with van der Waals surface area (Å²) in [6, 6.07) is 9.19. The molecule has 1 aromatic rings. The Bertz CT molecular complexity index is 308. The summed E-state index contributed by atoms with van der Waals surface area (Å²) in [5, 5.41) is 0. The lowest BCUT2D eigenvalue weighted by molar-refractivity contribution is 0.763. The molecule has 90 valence electrons. The first-order chi connectivity index (χ1) is 7.56. The Morgan fingerprint density at radius 1 is 1.25 bits per heavy atom. The van der Waals surface area contributed by atoms with Crippen LogP contribution < -0.4 is 10.6 Å². The van der Waals surface area contributed by atoms with Crippen molar-refractivity contribution in [2.24, 2.45) is 5.73 Å². The minimum absolute atomic E-state index is 0.114. The molecule has 1 unspecified atom stereocenters. The van der Waals surface area contributed by atoms with Gasteiger partial charge in [-0.25, -0.2) is 0 Å². The molecule has 1 rings (SSSR count). The second kappa shape index (κ2) is 6.16. The highest BCUT2D eigenvalue weighted by Crippen LogP contribution is 2.19. The molecule has 2 nitrogen and oxygen atoms in total. The van der Waals surface area contributed by atoms with E-state index in [0.29, 0.717) is 6.04 Å². The summed E-state index contributed by atoms with van der Waals surface area (Å²) in [7, 11) is 2.14. The van der Waals surface area contributed by atoms with Crippen LogP contribution >= 0.6 is 11.8 Å². The Morgan fingerprint density at radius 2 is 1.81 bits per heavy atom. The van der Waals surface area contributed by atoms with Crippen LogP contribution in [0.25, 0.3) is 0 Å². The van der Waals surface area contributed by atoms with Gasteiger partial charge in [0.25, 0.3) is 0 Å². The van der Waals surface area contributed by atoms with Crippen molar-refractivity contribution in [2.75, 3.05) is 24.0 Å². The van der Waals surface area contributed by atoms with Gasteiger partial charge >= 0.3 is 0 Å². The van der Waals surface area contributed by atoms with Crippen LogP contribution in [0.3, 0.4) is 0 Å². The Labute approximate surface area is 103 Å². The topological polar surface area (TPSA) is 29.3 Å². The van der Waals surface area contributed by atoms with E-state index in [0.717, 1.165) is 5.75 Å². The summed E-state index contributed by atoms with van der Waals surface area (Å²) < 4.78 is 0. The molecule has 0 aliphatic heterocycles. The number of hydrogen-bond donors (Lipinski definition) is 1. The maximum Gasteiger partial charge on any atom is 0.0366 e. The molecule has 0 radical (unpaired) electrons. The summed E-state index contributed by atoms with van der Waals surface area (Å²) in [5.41, 5.74) is 8.28. The fourth-order valence-electron chi connectivity index (χ4n) is 1.62. The minimum Gasteiger partial charge on any atom is -0.371 e. The third-order valence-electron chi connectivity index (χ3n) is 2.90. The maximum atomic E-state index is 5.83. The Morgan fingerprint density at radius 3 is 2.25 bits per heavy atom. The summed E-state index contributed by atoms with van der Waals surface area (Å²) >= 11 is 1.88. The van der Waals surface area contributed by atoms with Crippen LogP contribution in [-0.4, -0.2) is 25.1 Å². The third kappa shape index (κ3) is 3.42. The molecular formula is C13H22N2S. The highest BCUT2D eigenvalue weighted by Gasteiger charge is 2.09. The van der Waals surface area contributed by atoms with Gasteiger partial charge in [0, 0.05) is 30.6 Å². The monoisotopic (exact) mass is 238 g/mol. The fraction of sp³-hybridized carbons (Fsp3) is 0.538. The molecule has 0 amide bonds. The standard InChI is InChI=1S/C13H22N2S/c1-10(9-16-4)15(3)13-7-5-12(6-8-13)11(2)14/h5-8,10-11H,9,14H2,1-4H3/t10?,11-/m1/s1. The highest BCUT2D eigenvalue weighted by atomic mass is 32.2. The van der Waals surface area contributed by atoms with E-state index in [-0.39, 0.29) is 6.04 Å². The molecule has 0 spiro atoms. The van der Waals surface area contributed by atoms with Crippen molar-refractivity contribution in [3.05, 3.63) is 29.8 Å². The average molecular weight is 238 g/mol. The molecule has 0 aliphatic rings. The van der Waals surface area contributed by atoms with Gasteiger partial charge in [-0.3, -0.25) is 0 Å². The number of hydrogen-bond acceptors (Lipinski definition) is 3. The summed E-state index contributed by atoms with van der Waals surface area (Å²) in [6.45, 7) is 4.25. The van der Waals surface area contributed by atoms with E-state index >= 15 is 0 Å². The van der Waals surface area contributed by atoms with Gasteiger partial charge in [-0.15, -0.1) is 0 Å². The molecule has 16 heavy (non-hydrogen) atoms. The van der Waals surface area contributed by atoms with Gasteiger partial charge in [0.1, 0.15) is 0 Å². The van der Waals surface area contributed by atoms with Crippen LogP contribution in [0, 0.1) is 0 Å². The van der Waals surface area contributed by atoms with Crippen molar-refractivity contribution in [1.82, 2.24) is 0 Å². The van der Waals surface area contributed by atoms with E-state index in [1.807, 2.05) is 18.7 Å². The third-order valence-corrected chi connectivity index (χ3v) is 3.71. The van der Waals surface area contributed by atoms with Crippen LogP contribution in [0.2, 0.25) is 0 Å². The first-order valence-electron chi connectivity index (χ1n) is 5.63. The zero-order valence-corrected chi connectivity index (χ0v) is 11.4. The lowest BCUT2D eigenvalue weighted by atomic mass is 10.1. The van der Waals surface area contributed by atoms with Crippen LogP contribution in [-0.2, 0) is 0 Å². The first-order valence-corrected chi connectivity index (χ1v) is 7.03. The molecule has 0 heterocycles. The van der Waals surface area contributed by atoms with Crippen LogP contribution in [0.4, 0.5) is 5.69 Å². The van der Waals surface area contributed by atoms with Crippen molar-refractivity contribution in [2.45, 2.75) is 25.9 Å². The SMILES string of the molecule is CSCC(C)N(C)c1ccc([C@@H](C)N)cc1. The zero-order valence-electron chi connectivity index (χ0n) is 10.6. The minimum atomic E-state index is 0.114. The van der Waals surface area contributed by atoms with Gasteiger partial charge < -0.3 is 10.6 Å². The predicted molar refractivity (Wildman–Crippen MR) is 75.3 cm³/mol. The molecule has 0 fully saturated rings. The maximum absolute atomic E-state index is 5.83. The number of anilines is 1. The molecule has 2 N–H and O–H groups in total. The summed E-state index contributed by atoms with van der Waals surface area (Å²) in [4.78, 5) is 2.31. The van der Waals surface area contributed by atoms with E-state index in [4.69, 9.17) is 5.73 Å². The van der Waals surface area contributed by atoms with Gasteiger partial charge in [0.2, 0.25) is 0 Å². The molecule has 1 aromatic carbocycles. The Hall–Kier alpha value is -0.670. The quantitative estimate of drug-likeness (QED) is 0.855. The number of benzene rings is 1. The van der Waals surface area contributed by atoms with Gasteiger partial charge in [-0.05, 0) is 37.8 Å². The van der Waals surface area contributed by atoms with Crippen molar-refractivity contribution in [3.63, 3.8) is 0 Å². The smallest absolute Gasteiger partial charge is 0.0366 e. The molecule has 0 aromatic heterocycles. The molecule has 0 saturated carbocycles. The normalized spacial score (nSPS) is 14.6. The van der Waals surface area contributed by atoms with E-state index in [1.54, 1.807) is 0 Å². The second-order valence-electron chi connectivity index (χ2n) is 4.30. The molecule has 2 atom stereocenters. The van der Waals surface area contributed by atoms with E-state index in [9.17, 15) is 0 Å². The lowest BCUT2D eigenvalue weighted by Gasteiger charge is -2.26. The molecule has 0 aliphatic carbocycles. The van der Waals surface area contributed by atoms with Gasteiger partial charge in [0.05, 0.1) is 0 Å². The summed E-state index contributed by atoms with van der Waals surface area (Å²) in [5.74, 6) is 1.14. The first kappa shape index (κ1) is 13.4. The van der Waals surface area contributed by atoms with Crippen molar-refractivity contribution in [1.29, 1.82) is 0 Å². The average Bonchev–Trinajstić information content (AvgIpc) is 2.28. The molecule has 0 saturated heterocycles. The van der Waals surface area contributed by atoms with E-state index in [1.165, 1.54) is 11.3 Å². The van der Waals surface area contributed by atoms with Crippen LogP contribution in [0.5, 0.6) is 0 Å². The number of nitrogens with two attached hydrogens (primary N) is 1. The highest BCUT2D eigenvalue weighted by molar-refractivity contribution is 7.98. The fourth-order valence-corrected chi connectivity index (χ4v) is 2.33. The van der Waals surface area contributed by atoms with Gasteiger partial charge in [-0.2, -0.15) is 11.8 Å². The Balaban J connectivity index is 2.73. The number of rotatable bonds is 5. The van der Waals surface area contributed by atoms with Gasteiger partial charge in [0.15, 0.2) is 0 Å². The molecule has 3 heteroatoms. The predicted octanol–water partition coefficient (Wildman–Crippen LogP) is 2.89. The lowest BCUT2D eigenvalue weighted by Crippen LogP contribution is -2.30. The van der Waals surface area contributed by atoms with Crippen LogP contribution in [0.1, 0.15) is 25.5 Å². The number of nitrogens with zero attached hydrogens (tertiary/aromatic N) is 1. The zero-order chi connectivity index (χ0) is 12.1. The molecular weight excluding hydrogens is 216 g/mol.